The van der Waals surface area contributed by atoms with Gasteiger partial charge in [-0.25, -0.2) is 0 Å². The Morgan fingerprint density at radius 3 is 2.46 bits per heavy atom. The van der Waals surface area contributed by atoms with E-state index in [1.807, 2.05) is 51.1 Å². The van der Waals surface area contributed by atoms with E-state index in [2.05, 4.69) is 5.32 Å². The third kappa shape index (κ3) is 4.28. The molecule has 1 N–H and O–H groups in total. The summed E-state index contributed by atoms with van der Waals surface area (Å²) < 4.78 is 6.07. The van der Waals surface area contributed by atoms with Crippen molar-refractivity contribution in [3.8, 4) is 0 Å². The number of fused-ring (bicyclic) bond motifs is 1. The number of ether oxygens (including phenoxy) is 1. The van der Waals surface area contributed by atoms with E-state index < -0.39 is 5.97 Å². The third-order valence-electron chi connectivity index (χ3n) is 4.62. The summed E-state index contributed by atoms with van der Waals surface area (Å²) in [7, 11) is 0. The monoisotopic (exact) mass is 395 g/mol. The van der Waals surface area contributed by atoms with Crippen LogP contribution in [-0.4, -0.2) is 30.8 Å². The van der Waals surface area contributed by atoms with Crippen LogP contribution in [-0.2, 0) is 9.53 Å². The maximum absolute atomic E-state index is 12.4. The molecule has 0 bridgehead atoms. The van der Waals surface area contributed by atoms with Crippen molar-refractivity contribution in [2.75, 3.05) is 13.2 Å². The zero-order valence-corrected chi connectivity index (χ0v) is 16.8. The van der Waals surface area contributed by atoms with Gasteiger partial charge in [0.05, 0.1) is 4.88 Å². The Bertz CT molecular complexity index is 1070. The molecule has 0 saturated heterocycles. The van der Waals surface area contributed by atoms with Gasteiger partial charge in [0, 0.05) is 10.3 Å². The Kier molecular flexibility index (Phi) is 5.90. The first-order valence-electron chi connectivity index (χ1n) is 8.89. The van der Waals surface area contributed by atoms with Gasteiger partial charge in [-0.1, -0.05) is 24.3 Å². The number of thiophene rings is 1. The minimum atomic E-state index is -0.649. The topological polar surface area (TPSA) is 72.5 Å². The van der Waals surface area contributed by atoms with Crippen LogP contribution in [0.3, 0.4) is 0 Å². The Balaban J connectivity index is 1.53. The quantitative estimate of drug-likeness (QED) is 0.506. The molecule has 6 heteroatoms. The molecule has 1 heterocycles. The number of carbonyl (C=O) groups excluding carboxylic acids is 3. The fourth-order valence-corrected chi connectivity index (χ4v) is 3.97. The number of carbonyl (C=O) groups is 3. The first kappa shape index (κ1) is 19.8. The van der Waals surface area contributed by atoms with Crippen LogP contribution in [0, 0.1) is 20.8 Å². The summed E-state index contributed by atoms with van der Waals surface area (Å²) in [6.45, 7) is 5.14. The second kappa shape index (κ2) is 8.35. The van der Waals surface area contributed by atoms with Crippen LogP contribution in [0.25, 0.3) is 10.1 Å². The first-order chi connectivity index (χ1) is 13.4. The van der Waals surface area contributed by atoms with Gasteiger partial charge in [0.1, 0.15) is 6.54 Å². The number of nitrogens with one attached hydrogen (secondary N) is 1. The van der Waals surface area contributed by atoms with E-state index in [1.54, 1.807) is 12.1 Å². The fraction of sp³-hybridized carbons (Fsp3) is 0.227. The molecule has 2 aromatic carbocycles. The van der Waals surface area contributed by atoms with Crippen molar-refractivity contribution in [1.82, 2.24) is 5.32 Å². The SMILES string of the molecule is Cc1ccc(C(=O)NCC(=O)OCC(=O)c2sc3ccccc3c2C)cc1C. The van der Waals surface area contributed by atoms with Gasteiger partial charge in [-0.3, -0.25) is 14.4 Å². The number of hydrogen-bond donors (Lipinski definition) is 1. The van der Waals surface area contributed by atoms with Crippen molar-refractivity contribution in [1.29, 1.82) is 0 Å². The number of ketones is 1. The second-order valence-electron chi connectivity index (χ2n) is 6.62. The van der Waals surface area contributed by atoms with Crippen molar-refractivity contribution in [2.24, 2.45) is 0 Å². The summed E-state index contributed by atoms with van der Waals surface area (Å²) in [4.78, 5) is 37.0. The van der Waals surface area contributed by atoms with Crippen molar-refractivity contribution in [3.63, 3.8) is 0 Å². The van der Waals surface area contributed by atoms with Crippen LogP contribution in [0.2, 0.25) is 0 Å². The first-order valence-corrected chi connectivity index (χ1v) is 9.71. The molecule has 0 atom stereocenters. The summed E-state index contributed by atoms with van der Waals surface area (Å²) >= 11 is 1.39. The van der Waals surface area contributed by atoms with Gasteiger partial charge < -0.3 is 10.1 Å². The average molecular weight is 395 g/mol. The number of hydrogen-bond acceptors (Lipinski definition) is 5. The van der Waals surface area contributed by atoms with Gasteiger partial charge in [-0.05, 0) is 61.0 Å². The number of esters is 1. The molecule has 1 aromatic heterocycles. The zero-order chi connectivity index (χ0) is 20.3. The predicted molar refractivity (Wildman–Crippen MR) is 110 cm³/mol. The smallest absolute Gasteiger partial charge is 0.325 e. The minimum Gasteiger partial charge on any atom is -0.456 e. The molecule has 144 valence electrons. The highest BCUT2D eigenvalue weighted by molar-refractivity contribution is 7.21. The number of rotatable bonds is 6. The molecule has 0 radical (unpaired) electrons. The van der Waals surface area contributed by atoms with Crippen LogP contribution >= 0.6 is 11.3 Å². The van der Waals surface area contributed by atoms with E-state index in [0.29, 0.717) is 10.4 Å². The Morgan fingerprint density at radius 1 is 1.00 bits per heavy atom. The van der Waals surface area contributed by atoms with E-state index >= 15 is 0 Å². The molecule has 0 spiro atoms. The average Bonchev–Trinajstić information content (AvgIpc) is 3.03. The van der Waals surface area contributed by atoms with Gasteiger partial charge in [0.15, 0.2) is 6.61 Å². The minimum absolute atomic E-state index is 0.243. The van der Waals surface area contributed by atoms with Crippen LogP contribution in [0.1, 0.15) is 36.7 Å². The molecule has 3 aromatic rings. The highest BCUT2D eigenvalue weighted by atomic mass is 32.1. The highest BCUT2D eigenvalue weighted by Gasteiger charge is 2.17. The Labute approximate surface area is 167 Å². The van der Waals surface area contributed by atoms with Gasteiger partial charge in [0.25, 0.3) is 5.91 Å². The van der Waals surface area contributed by atoms with Gasteiger partial charge in [0.2, 0.25) is 5.78 Å². The summed E-state index contributed by atoms with van der Waals surface area (Å²) in [5, 5.41) is 3.55. The van der Waals surface area contributed by atoms with Gasteiger partial charge in [-0.2, -0.15) is 0 Å². The Hall–Kier alpha value is -2.99. The zero-order valence-electron chi connectivity index (χ0n) is 16.0. The van der Waals surface area contributed by atoms with E-state index in [4.69, 9.17) is 4.74 Å². The lowest BCUT2D eigenvalue weighted by molar-refractivity contribution is -0.141. The standard InChI is InChI=1S/C22H21NO4S/c1-13-8-9-16(10-14(13)2)22(26)23-11-20(25)27-12-18(24)21-15(3)17-6-4-5-7-19(17)28-21/h4-10H,11-12H2,1-3H3,(H,23,26). The lowest BCUT2D eigenvalue weighted by Gasteiger charge is -2.07. The van der Waals surface area contributed by atoms with Gasteiger partial charge >= 0.3 is 5.97 Å². The number of amides is 1. The van der Waals surface area contributed by atoms with Gasteiger partial charge in [-0.15, -0.1) is 11.3 Å². The molecule has 0 fully saturated rings. The maximum atomic E-state index is 12.4. The molecule has 0 aliphatic heterocycles. The van der Waals surface area contributed by atoms with E-state index in [9.17, 15) is 14.4 Å². The largest absolute Gasteiger partial charge is 0.456 e. The van der Waals surface area contributed by atoms with Crippen LogP contribution < -0.4 is 5.32 Å². The van der Waals surface area contributed by atoms with Crippen LogP contribution in [0.5, 0.6) is 0 Å². The summed E-state index contributed by atoms with van der Waals surface area (Å²) in [5.74, 6) is -1.25. The summed E-state index contributed by atoms with van der Waals surface area (Å²) in [6, 6.07) is 13.1. The van der Waals surface area contributed by atoms with Crippen molar-refractivity contribution in [3.05, 3.63) is 69.6 Å². The number of benzene rings is 2. The molecule has 3 rings (SSSR count). The lowest BCUT2D eigenvalue weighted by Crippen LogP contribution is -2.31. The molecule has 1 amide bonds. The summed E-state index contributed by atoms with van der Waals surface area (Å²) in [5.41, 5.74) is 3.46. The second-order valence-corrected chi connectivity index (χ2v) is 7.67. The van der Waals surface area contributed by atoms with E-state index in [1.165, 1.54) is 11.3 Å². The molecular formula is C22H21NO4S. The molecule has 28 heavy (non-hydrogen) atoms. The van der Waals surface area contributed by atoms with E-state index in [0.717, 1.165) is 26.8 Å². The maximum Gasteiger partial charge on any atom is 0.325 e. The number of aryl methyl sites for hydroxylation is 3. The van der Waals surface area contributed by atoms with Crippen LogP contribution in [0.4, 0.5) is 0 Å². The van der Waals surface area contributed by atoms with Crippen molar-refractivity contribution < 1.29 is 19.1 Å². The fourth-order valence-electron chi connectivity index (χ4n) is 2.84. The van der Waals surface area contributed by atoms with Crippen molar-refractivity contribution in [2.45, 2.75) is 20.8 Å². The molecule has 0 saturated carbocycles. The molecule has 5 nitrogen and oxygen atoms in total. The lowest BCUT2D eigenvalue weighted by atomic mass is 10.1. The molecule has 0 aliphatic carbocycles. The predicted octanol–water partition coefficient (Wildman–Crippen LogP) is 3.98. The highest BCUT2D eigenvalue weighted by Crippen LogP contribution is 2.30. The third-order valence-corrected chi connectivity index (χ3v) is 5.94. The molecule has 0 aliphatic rings. The summed E-state index contributed by atoms with van der Waals surface area (Å²) in [6.07, 6.45) is 0. The van der Waals surface area contributed by atoms with E-state index in [-0.39, 0.29) is 24.8 Å². The molecule has 0 unspecified atom stereocenters. The molecular weight excluding hydrogens is 374 g/mol. The number of Topliss-reactive ketones (excluding diaryl/α,β-unsaturated/α-hetero) is 1. The van der Waals surface area contributed by atoms with Crippen molar-refractivity contribution >= 4 is 39.1 Å². The Morgan fingerprint density at radius 2 is 1.75 bits per heavy atom. The normalized spacial score (nSPS) is 10.7. The van der Waals surface area contributed by atoms with Crippen LogP contribution in [0.15, 0.2) is 42.5 Å².